The SMILES string of the molecule is Cc1nc2ccc(NC(=O)COc3ccc(Cl)cc3Br)cc2s1. The van der Waals surface area contributed by atoms with E-state index < -0.39 is 0 Å². The van der Waals surface area contributed by atoms with E-state index in [1.165, 1.54) is 0 Å². The first-order chi connectivity index (χ1) is 11.0. The number of benzene rings is 2. The topological polar surface area (TPSA) is 51.2 Å². The summed E-state index contributed by atoms with van der Waals surface area (Å²) < 4.78 is 7.24. The number of aromatic nitrogens is 1. The van der Waals surface area contributed by atoms with E-state index >= 15 is 0 Å². The molecule has 0 unspecified atom stereocenters. The molecule has 0 saturated carbocycles. The highest BCUT2D eigenvalue weighted by Gasteiger charge is 2.08. The van der Waals surface area contributed by atoms with E-state index in [1.54, 1.807) is 29.5 Å². The Morgan fingerprint density at radius 3 is 2.96 bits per heavy atom. The van der Waals surface area contributed by atoms with Crippen molar-refractivity contribution in [2.75, 3.05) is 11.9 Å². The van der Waals surface area contributed by atoms with Gasteiger partial charge in [-0.3, -0.25) is 4.79 Å². The predicted octanol–water partition coefficient (Wildman–Crippen LogP) is 5.04. The Morgan fingerprint density at radius 2 is 2.17 bits per heavy atom. The minimum Gasteiger partial charge on any atom is -0.483 e. The molecule has 3 rings (SSSR count). The lowest BCUT2D eigenvalue weighted by atomic mass is 10.3. The predicted molar refractivity (Wildman–Crippen MR) is 97.6 cm³/mol. The van der Waals surface area contributed by atoms with Gasteiger partial charge in [-0.05, 0) is 59.3 Å². The van der Waals surface area contributed by atoms with Crippen LogP contribution in [-0.4, -0.2) is 17.5 Å². The summed E-state index contributed by atoms with van der Waals surface area (Å²) in [6.45, 7) is 1.88. The van der Waals surface area contributed by atoms with E-state index in [1.807, 2.05) is 25.1 Å². The first-order valence-electron chi connectivity index (χ1n) is 6.76. The number of carbonyl (C=O) groups excluding carboxylic acids is 1. The number of fused-ring (bicyclic) bond motifs is 1. The normalized spacial score (nSPS) is 10.7. The van der Waals surface area contributed by atoms with Crippen molar-refractivity contribution in [1.82, 2.24) is 4.98 Å². The minimum atomic E-state index is -0.229. The van der Waals surface area contributed by atoms with Gasteiger partial charge in [0.1, 0.15) is 5.75 Å². The minimum absolute atomic E-state index is 0.0833. The van der Waals surface area contributed by atoms with E-state index in [0.717, 1.165) is 20.9 Å². The Labute approximate surface area is 150 Å². The zero-order valence-electron chi connectivity index (χ0n) is 12.1. The average molecular weight is 412 g/mol. The maximum absolute atomic E-state index is 12.0. The second-order valence-electron chi connectivity index (χ2n) is 4.83. The summed E-state index contributed by atoms with van der Waals surface area (Å²) in [5, 5.41) is 4.42. The van der Waals surface area contributed by atoms with Gasteiger partial charge < -0.3 is 10.1 Å². The molecule has 118 valence electrons. The summed E-state index contributed by atoms with van der Waals surface area (Å²) in [5.74, 6) is 0.338. The van der Waals surface area contributed by atoms with E-state index in [0.29, 0.717) is 15.2 Å². The van der Waals surface area contributed by atoms with Crippen LogP contribution in [0.3, 0.4) is 0 Å². The Bertz CT molecular complexity index is 882. The van der Waals surface area contributed by atoms with Crippen molar-refractivity contribution in [1.29, 1.82) is 0 Å². The molecule has 0 atom stereocenters. The first kappa shape index (κ1) is 16.2. The summed E-state index contributed by atoms with van der Waals surface area (Å²) in [6, 6.07) is 10.8. The van der Waals surface area contributed by atoms with Gasteiger partial charge in [0.2, 0.25) is 0 Å². The smallest absolute Gasteiger partial charge is 0.262 e. The molecule has 0 aliphatic heterocycles. The summed E-state index contributed by atoms with van der Waals surface area (Å²) in [6.07, 6.45) is 0. The largest absolute Gasteiger partial charge is 0.483 e. The molecule has 0 radical (unpaired) electrons. The molecule has 0 spiro atoms. The third-order valence-electron chi connectivity index (χ3n) is 3.03. The zero-order valence-corrected chi connectivity index (χ0v) is 15.3. The van der Waals surface area contributed by atoms with Crippen molar-refractivity contribution < 1.29 is 9.53 Å². The number of rotatable bonds is 4. The van der Waals surface area contributed by atoms with Crippen molar-refractivity contribution in [3.8, 4) is 5.75 Å². The fourth-order valence-corrected chi connectivity index (χ4v) is 3.71. The monoisotopic (exact) mass is 410 g/mol. The molecule has 1 aromatic heterocycles. The number of nitrogens with one attached hydrogen (secondary N) is 1. The molecule has 0 aliphatic carbocycles. The second kappa shape index (κ2) is 6.86. The molecule has 1 N–H and O–H groups in total. The highest BCUT2D eigenvalue weighted by atomic mass is 79.9. The lowest BCUT2D eigenvalue weighted by molar-refractivity contribution is -0.118. The number of halogens is 2. The molecule has 3 aromatic rings. The number of carbonyl (C=O) groups is 1. The van der Waals surface area contributed by atoms with Crippen LogP contribution in [0.1, 0.15) is 5.01 Å². The van der Waals surface area contributed by atoms with E-state index in [-0.39, 0.29) is 12.5 Å². The molecule has 0 saturated heterocycles. The highest BCUT2D eigenvalue weighted by Crippen LogP contribution is 2.28. The number of thiazole rings is 1. The van der Waals surface area contributed by atoms with Gasteiger partial charge in [-0.2, -0.15) is 0 Å². The van der Waals surface area contributed by atoms with Crippen molar-refractivity contribution in [3.05, 3.63) is 50.9 Å². The summed E-state index contributed by atoms with van der Waals surface area (Å²) in [5.41, 5.74) is 1.66. The third-order valence-corrected chi connectivity index (χ3v) is 4.82. The van der Waals surface area contributed by atoms with Gasteiger partial charge in [0.25, 0.3) is 5.91 Å². The second-order valence-corrected chi connectivity index (χ2v) is 7.35. The van der Waals surface area contributed by atoms with Gasteiger partial charge in [-0.1, -0.05) is 11.6 Å². The van der Waals surface area contributed by atoms with Crippen LogP contribution in [0.15, 0.2) is 40.9 Å². The van der Waals surface area contributed by atoms with Gasteiger partial charge in [-0.25, -0.2) is 4.98 Å². The molecular weight excluding hydrogens is 400 g/mol. The van der Waals surface area contributed by atoms with E-state index in [9.17, 15) is 4.79 Å². The number of amides is 1. The summed E-state index contributed by atoms with van der Waals surface area (Å²) >= 11 is 10.8. The van der Waals surface area contributed by atoms with E-state index in [4.69, 9.17) is 16.3 Å². The maximum atomic E-state index is 12.0. The van der Waals surface area contributed by atoms with Crippen LogP contribution in [0.2, 0.25) is 5.02 Å². The number of aryl methyl sites for hydroxylation is 1. The zero-order chi connectivity index (χ0) is 16.4. The van der Waals surface area contributed by atoms with Crippen LogP contribution >= 0.6 is 38.9 Å². The number of nitrogens with zero attached hydrogens (tertiary/aromatic N) is 1. The van der Waals surface area contributed by atoms with E-state index in [2.05, 4.69) is 26.2 Å². The van der Waals surface area contributed by atoms with Crippen LogP contribution in [-0.2, 0) is 4.79 Å². The molecule has 2 aromatic carbocycles. The molecule has 1 amide bonds. The Morgan fingerprint density at radius 1 is 1.35 bits per heavy atom. The molecule has 4 nitrogen and oxygen atoms in total. The molecular formula is C16H12BrClN2O2S. The molecule has 7 heteroatoms. The summed E-state index contributed by atoms with van der Waals surface area (Å²) in [7, 11) is 0. The maximum Gasteiger partial charge on any atom is 0.262 e. The lowest BCUT2D eigenvalue weighted by Gasteiger charge is -2.09. The fraction of sp³-hybridized carbons (Fsp3) is 0.125. The summed E-state index contributed by atoms with van der Waals surface area (Å²) in [4.78, 5) is 16.4. The van der Waals surface area contributed by atoms with Crippen molar-refractivity contribution in [3.63, 3.8) is 0 Å². The van der Waals surface area contributed by atoms with Crippen LogP contribution in [0.4, 0.5) is 5.69 Å². The van der Waals surface area contributed by atoms with Gasteiger partial charge >= 0.3 is 0 Å². The number of hydrogen-bond donors (Lipinski definition) is 1. The van der Waals surface area contributed by atoms with Crippen LogP contribution in [0.25, 0.3) is 10.2 Å². The Balaban J connectivity index is 1.63. The van der Waals surface area contributed by atoms with Crippen LogP contribution in [0.5, 0.6) is 5.75 Å². The van der Waals surface area contributed by atoms with Gasteiger partial charge in [0.15, 0.2) is 6.61 Å². The molecule has 23 heavy (non-hydrogen) atoms. The average Bonchev–Trinajstić information content (AvgIpc) is 2.85. The Kier molecular flexibility index (Phi) is 4.84. The van der Waals surface area contributed by atoms with Crippen molar-refractivity contribution in [2.24, 2.45) is 0 Å². The van der Waals surface area contributed by atoms with Gasteiger partial charge in [0, 0.05) is 10.7 Å². The number of hydrogen-bond acceptors (Lipinski definition) is 4. The van der Waals surface area contributed by atoms with Gasteiger partial charge in [0.05, 0.1) is 19.7 Å². The lowest BCUT2D eigenvalue weighted by Crippen LogP contribution is -2.20. The van der Waals surface area contributed by atoms with Crippen LogP contribution in [0, 0.1) is 6.92 Å². The highest BCUT2D eigenvalue weighted by molar-refractivity contribution is 9.10. The van der Waals surface area contributed by atoms with Gasteiger partial charge in [-0.15, -0.1) is 11.3 Å². The molecule has 0 aliphatic rings. The first-order valence-corrected chi connectivity index (χ1v) is 8.75. The third kappa shape index (κ3) is 4.02. The Hall–Kier alpha value is -1.63. The quantitative estimate of drug-likeness (QED) is 0.654. The number of ether oxygens (including phenoxy) is 1. The fourth-order valence-electron chi connectivity index (χ4n) is 2.05. The van der Waals surface area contributed by atoms with Crippen molar-refractivity contribution >= 4 is 60.7 Å². The number of anilines is 1. The standard InChI is InChI=1S/C16H12BrClN2O2S/c1-9-19-13-4-3-11(7-15(13)23-9)20-16(21)8-22-14-5-2-10(18)6-12(14)17/h2-7H,8H2,1H3,(H,20,21). The van der Waals surface area contributed by atoms with Crippen molar-refractivity contribution in [2.45, 2.75) is 6.92 Å². The molecule has 0 fully saturated rings. The molecule has 1 heterocycles. The van der Waals surface area contributed by atoms with Crippen LogP contribution < -0.4 is 10.1 Å². The molecule has 0 bridgehead atoms.